The Balaban J connectivity index is 1.69. The third kappa shape index (κ3) is 2.24. The van der Waals surface area contributed by atoms with Crippen LogP contribution in [0.1, 0.15) is 25.6 Å². The van der Waals surface area contributed by atoms with Crippen LogP contribution in [-0.4, -0.2) is 61.3 Å². The molecule has 0 aliphatic carbocycles. The first-order valence-electron chi connectivity index (χ1n) is 7.20. The summed E-state index contributed by atoms with van der Waals surface area (Å²) >= 11 is 0. The maximum absolute atomic E-state index is 12.6. The molecule has 3 heterocycles. The molecule has 0 saturated carbocycles. The minimum absolute atomic E-state index is 0.0965. The summed E-state index contributed by atoms with van der Waals surface area (Å²) in [6.07, 6.45) is 2.73. The van der Waals surface area contributed by atoms with Crippen molar-refractivity contribution in [3.05, 3.63) is 12.2 Å². The first kappa shape index (κ1) is 13.8. The van der Waals surface area contributed by atoms with Gasteiger partial charge in [-0.25, -0.2) is 4.79 Å². The lowest BCUT2D eigenvalue weighted by Gasteiger charge is -2.31. The highest BCUT2D eigenvalue weighted by Gasteiger charge is 2.45. The second-order valence-corrected chi connectivity index (χ2v) is 5.76. The standard InChI is InChI=1S/C13H19N5O3/c1-2-13(11(19)20)3-4-17(8-13)12(21)16-5-6-18-9-14-15-10(18)7-16/h9H,2-8H2,1H3,(H,19,20). The fourth-order valence-electron chi connectivity index (χ4n) is 3.08. The molecule has 8 heteroatoms. The van der Waals surface area contributed by atoms with Gasteiger partial charge in [-0.2, -0.15) is 0 Å². The number of amides is 2. The third-order valence-corrected chi connectivity index (χ3v) is 4.66. The summed E-state index contributed by atoms with van der Waals surface area (Å²) in [5.74, 6) is -0.0347. The van der Waals surface area contributed by atoms with Gasteiger partial charge in [0.05, 0.1) is 12.0 Å². The molecule has 0 bridgehead atoms. The van der Waals surface area contributed by atoms with Crippen molar-refractivity contribution in [3.8, 4) is 0 Å². The van der Waals surface area contributed by atoms with Gasteiger partial charge in [0.15, 0.2) is 5.82 Å². The molecule has 1 atom stereocenters. The van der Waals surface area contributed by atoms with Crippen LogP contribution in [0.15, 0.2) is 6.33 Å². The van der Waals surface area contributed by atoms with Crippen LogP contribution in [0, 0.1) is 5.41 Å². The number of hydrogen-bond donors (Lipinski definition) is 1. The summed E-state index contributed by atoms with van der Waals surface area (Å²) in [5.41, 5.74) is -0.786. The fourth-order valence-corrected chi connectivity index (χ4v) is 3.08. The molecule has 3 rings (SSSR count). The van der Waals surface area contributed by atoms with Crippen molar-refractivity contribution in [3.63, 3.8) is 0 Å². The second kappa shape index (κ2) is 5.01. The Morgan fingerprint density at radius 2 is 2.14 bits per heavy atom. The van der Waals surface area contributed by atoms with Gasteiger partial charge >= 0.3 is 12.0 Å². The minimum atomic E-state index is -0.807. The van der Waals surface area contributed by atoms with Crippen LogP contribution >= 0.6 is 0 Å². The van der Waals surface area contributed by atoms with E-state index in [2.05, 4.69) is 10.2 Å². The molecule has 0 spiro atoms. The zero-order chi connectivity index (χ0) is 15.0. The second-order valence-electron chi connectivity index (χ2n) is 5.76. The van der Waals surface area contributed by atoms with Crippen molar-refractivity contribution < 1.29 is 14.7 Å². The molecule has 1 N–H and O–H groups in total. The number of urea groups is 1. The van der Waals surface area contributed by atoms with Gasteiger partial charge in [0, 0.05) is 26.2 Å². The van der Waals surface area contributed by atoms with Gasteiger partial charge in [0.1, 0.15) is 6.33 Å². The van der Waals surface area contributed by atoms with E-state index in [-0.39, 0.29) is 6.03 Å². The van der Waals surface area contributed by atoms with Gasteiger partial charge in [-0.3, -0.25) is 4.79 Å². The maximum Gasteiger partial charge on any atom is 0.320 e. The third-order valence-electron chi connectivity index (χ3n) is 4.66. The predicted octanol–water partition coefficient (Wildman–Crippen LogP) is 0.400. The van der Waals surface area contributed by atoms with E-state index in [1.807, 2.05) is 11.5 Å². The molecule has 114 valence electrons. The Kier molecular flexibility index (Phi) is 3.30. The Hall–Kier alpha value is -2.12. The van der Waals surface area contributed by atoms with E-state index in [1.165, 1.54) is 0 Å². The zero-order valence-electron chi connectivity index (χ0n) is 12.0. The quantitative estimate of drug-likeness (QED) is 0.852. The molecular formula is C13H19N5O3. The van der Waals surface area contributed by atoms with Crippen LogP contribution in [0.2, 0.25) is 0 Å². The molecule has 2 aliphatic heterocycles. The highest BCUT2D eigenvalue weighted by molar-refractivity contribution is 5.79. The van der Waals surface area contributed by atoms with E-state index in [9.17, 15) is 14.7 Å². The number of aliphatic carboxylic acids is 1. The Bertz CT molecular complexity index is 572. The van der Waals surface area contributed by atoms with Crippen molar-refractivity contribution in [2.45, 2.75) is 32.9 Å². The summed E-state index contributed by atoms with van der Waals surface area (Å²) in [7, 11) is 0. The van der Waals surface area contributed by atoms with Crippen molar-refractivity contribution in [2.24, 2.45) is 5.41 Å². The van der Waals surface area contributed by atoms with Gasteiger partial charge < -0.3 is 19.5 Å². The largest absolute Gasteiger partial charge is 0.481 e. The number of carbonyl (C=O) groups excluding carboxylic acids is 1. The topological polar surface area (TPSA) is 91.6 Å². The van der Waals surface area contributed by atoms with Crippen molar-refractivity contribution in [1.29, 1.82) is 0 Å². The predicted molar refractivity (Wildman–Crippen MR) is 72.4 cm³/mol. The molecule has 1 saturated heterocycles. The SMILES string of the molecule is CCC1(C(=O)O)CCN(C(=O)N2CCn3cnnc3C2)C1. The molecule has 8 nitrogen and oxygen atoms in total. The maximum atomic E-state index is 12.6. The Morgan fingerprint density at radius 3 is 2.81 bits per heavy atom. The Morgan fingerprint density at radius 1 is 1.33 bits per heavy atom. The molecule has 21 heavy (non-hydrogen) atoms. The molecule has 0 aromatic carbocycles. The highest BCUT2D eigenvalue weighted by atomic mass is 16.4. The van der Waals surface area contributed by atoms with Crippen LogP contribution < -0.4 is 0 Å². The lowest BCUT2D eigenvalue weighted by molar-refractivity contribution is -0.148. The number of nitrogens with zero attached hydrogens (tertiary/aromatic N) is 5. The zero-order valence-corrected chi connectivity index (χ0v) is 12.0. The van der Waals surface area contributed by atoms with Crippen LogP contribution in [-0.2, 0) is 17.9 Å². The van der Waals surface area contributed by atoms with Crippen LogP contribution in [0.4, 0.5) is 4.79 Å². The smallest absolute Gasteiger partial charge is 0.320 e. The lowest BCUT2D eigenvalue weighted by atomic mass is 9.84. The van der Waals surface area contributed by atoms with Crippen LogP contribution in [0.3, 0.4) is 0 Å². The van der Waals surface area contributed by atoms with Gasteiger partial charge in [0.25, 0.3) is 0 Å². The summed E-state index contributed by atoms with van der Waals surface area (Å²) in [4.78, 5) is 27.4. The number of aromatic nitrogens is 3. The number of rotatable bonds is 2. The summed E-state index contributed by atoms with van der Waals surface area (Å²) in [6.45, 7) is 4.38. The van der Waals surface area contributed by atoms with Crippen LogP contribution in [0.5, 0.6) is 0 Å². The molecular weight excluding hydrogens is 274 g/mol. The van der Waals surface area contributed by atoms with E-state index >= 15 is 0 Å². The molecule has 2 aliphatic rings. The average molecular weight is 293 g/mol. The van der Waals surface area contributed by atoms with Gasteiger partial charge in [-0.15, -0.1) is 10.2 Å². The normalized spacial score (nSPS) is 25.0. The number of carboxylic acids is 1. The summed E-state index contributed by atoms with van der Waals surface area (Å²) in [6, 6.07) is -0.0965. The first-order chi connectivity index (χ1) is 10.1. The minimum Gasteiger partial charge on any atom is -0.481 e. The monoisotopic (exact) mass is 293 g/mol. The number of likely N-dealkylation sites (tertiary alicyclic amines) is 1. The summed E-state index contributed by atoms with van der Waals surface area (Å²) < 4.78 is 1.93. The van der Waals surface area contributed by atoms with E-state index in [0.29, 0.717) is 45.6 Å². The lowest BCUT2D eigenvalue weighted by Crippen LogP contribution is -2.46. The summed E-state index contributed by atoms with van der Waals surface area (Å²) in [5, 5.41) is 17.2. The van der Waals surface area contributed by atoms with E-state index in [4.69, 9.17) is 0 Å². The number of carboxylic acid groups (broad SMARTS) is 1. The molecule has 2 amide bonds. The van der Waals surface area contributed by atoms with E-state index < -0.39 is 11.4 Å². The molecule has 1 unspecified atom stereocenters. The van der Waals surface area contributed by atoms with Crippen molar-refractivity contribution in [2.75, 3.05) is 19.6 Å². The number of carbonyl (C=O) groups is 2. The van der Waals surface area contributed by atoms with Gasteiger partial charge in [-0.1, -0.05) is 6.92 Å². The van der Waals surface area contributed by atoms with E-state index in [0.717, 1.165) is 5.82 Å². The van der Waals surface area contributed by atoms with Gasteiger partial charge in [-0.05, 0) is 12.8 Å². The first-order valence-corrected chi connectivity index (χ1v) is 7.20. The molecule has 0 radical (unpaired) electrons. The Labute approximate surface area is 122 Å². The van der Waals surface area contributed by atoms with Crippen LogP contribution in [0.25, 0.3) is 0 Å². The number of hydrogen-bond acceptors (Lipinski definition) is 4. The molecule has 1 aromatic rings. The highest BCUT2D eigenvalue weighted by Crippen LogP contribution is 2.34. The molecule has 1 aromatic heterocycles. The number of fused-ring (bicyclic) bond motifs is 1. The van der Waals surface area contributed by atoms with E-state index in [1.54, 1.807) is 16.1 Å². The van der Waals surface area contributed by atoms with Gasteiger partial charge in [0.2, 0.25) is 0 Å². The van der Waals surface area contributed by atoms with Crippen molar-refractivity contribution >= 4 is 12.0 Å². The van der Waals surface area contributed by atoms with Crippen molar-refractivity contribution in [1.82, 2.24) is 24.6 Å². The fraction of sp³-hybridized carbons (Fsp3) is 0.692. The average Bonchev–Trinajstić information content (AvgIpc) is 3.13. The molecule has 1 fully saturated rings.